The Hall–Kier alpha value is -1.40. The molecule has 0 fully saturated rings. The number of hydrogen-bond donors (Lipinski definition) is 0. The van der Waals surface area contributed by atoms with Crippen LogP contribution >= 0.6 is 22.9 Å². The summed E-state index contributed by atoms with van der Waals surface area (Å²) in [6.07, 6.45) is 4.21. The molecule has 7 heteroatoms. The lowest BCUT2D eigenvalue weighted by Gasteiger charge is -2.19. The second-order valence-electron chi connectivity index (χ2n) is 3.87. The summed E-state index contributed by atoms with van der Waals surface area (Å²) in [7, 11) is 3.46. The summed E-state index contributed by atoms with van der Waals surface area (Å²) in [6, 6.07) is 0. The van der Waals surface area contributed by atoms with Gasteiger partial charge in [-0.15, -0.1) is 11.3 Å². The summed E-state index contributed by atoms with van der Waals surface area (Å²) in [5.41, 5.74) is 0.367. The van der Waals surface area contributed by atoms with E-state index < -0.39 is 0 Å². The van der Waals surface area contributed by atoms with Crippen molar-refractivity contribution in [2.75, 3.05) is 18.5 Å². The Labute approximate surface area is 114 Å². The van der Waals surface area contributed by atoms with Gasteiger partial charge in [0.2, 0.25) is 0 Å². The molecule has 0 unspecified atom stereocenters. The van der Waals surface area contributed by atoms with Crippen molar-refractivity contribution in [3.8, 4) is 0 Å². The lowest BCUT2D eigenvalue weighted by atomic mass is 10.3. The molecule has 0 radical (unpaired) electrons. The zero-order valence-electron chi connectivity index (χ0n) is 10.1. The first kappa shape index (κ1) is 13.0. The summed E-state index contributed by atoms with van der Waals surface area (Å²) in [5, 5.41) is 7.18. The first-order valence-corrected chi connectivity index (χ1v) is 6.66. The van der Waals surface area contributed by atoms with Crippen molar-refractivity contribution in [3.05, 3.63) is 38.2 Å². The molecule has 0 bridgehead atoms. The highest BCUT2D eigenvalue weighted by molar-refractivity contribution is 7.09. The van der Waals surface area contributed by atoms with Crippen LogP contribution in [-0.2, 0) is 13.5 Å². The zero-order chi connectivity index (χ0) is 13.1. The average Bonchev–Trinajstić information content (AvgIpc) is 2.86. The van der Waals surface area contributed by atoms with Crippen LogP contribution in [0.5, 0.6) is 0 Å². The van der Waals surface area contributed by atoms with Crippen molar-refractivity contribution in [2.45, 2.75) is 6.42 Å². The van der Waals surface area contributed by atoms with Crippen molar-refractivity contribution in [1.29, 1.82) is 0 Å². The minimum absolute atomic E-state index is 0.203. The van der Waals surface area contributed by atoms with Crippen molar-refractivity contribution in [3.63, 3.8) is 0 Å². The number of likely N-dealkylation sites (N-methyl/N-ethyl adjacent to an activating group) is 1. The van der Waals surface area contributed by atoms with Gasteiger partial charge in [-0.05, 0) is 0 Å². The van der Waals surface area contributed by atoms with Crippen molar-refractivity contribution >= 4 is 28.6 Å². The molecule has 0 saturated carbocycles. The van der Waals surface area contributed by atoms with E-state index >= 15 is 0 Å². The second kappa shape index (κ2) is 5.49. The van der Waals surface area contributed by atoms with Gasteiger partial charge in [0, 0.05) is 38.6 Å². The molecule has 2 aromatic rings. The second-order valence-corrected chi connectivity index (χ2v) is 5.23. The Morgan fingerprint density at radius 1 is 1.56 bits per heavy atom. The number of halogens is 1. The number of aryl methyl sites for hydroxylation is 1. The van der Waals surface area contributed by atoms with E-state index in [9.17, 15) is 4.79 Å². The first-order chi connectivity index (χ1) is 8.59. The molecule has 0 aromatic carbocycles. The fourth-order valence-electron chi connectivity index (χ4n) is 1.53. The molecule has 0 spiro atoms. The largest absolute Gasteiger partial charge is 0.372 e. The minimum Gasteiger partial charge on any atom is -0.372 e. The Balaban J connectivity index is 2.12. The fraction of sp³-hybridized carbons (Fsp3) is 0.364. The standard InChI is InChI=1S/C11H13ClN4OS/c1-15(5-3-9-13-4-6-18-9)8-7-14-16(2)11(17)10(8)12/h4,6-7H,3,5H2,1-2H3. The molecule has 96 valence electrons. The van der Waals surface area contributed by atoms with Gasteiger partial charge in [-0.3, -0.25) is 4.79 Å². The van der Waals surface area contributed by atoms with E-state index in [1.165, 1.54) is 4.68 Å². The smallest absolute Gasteiger partial charge is 0.287 e. The predicted molar refractivity (Wildman–Crippen MR) is 73.6 cm³/mol. The summed E-state index contributed by atoms with van der Waals surface area (Å²) >= 11 is 7.64. The van der Waals surface area contributed by atoms with Gasteiger partial charge in [0.25, 0.3) is 5.56 Å². The molecule has 0 aliphatic rings. The van der Waals surface area contributed by atoms with E-state index in [1.807, 2.05) is 17.3 Å². The van der Waals surface area contributed by atoms with Crippen molar-refractivity contribution in [1.82, 2.24) is 14.8 Å². The number of hydrogen-bond acceptors (Lipinski definition) is 5. The molecule has 0 aliphatic heterocycles. The van der Waals surface area contributed by atoms with Crippen LogP contribution in [0.4, 0.5) is 5.69 Å². The SMILES string of the molecule is CN(CCc1nccs1)c1cnn(C)c(=O)c1Cl. The third-order valence-electron chi connectivity index (χ3n) is 2.62. The molecule has 5 nitrogen and oxygen atoms in total. The molecule has 0 aliphatic carbocycles. The summed E-state index contributed by atoms with van der Waals surface area (Å²) in [5.74, 6) is 0. The molecule has 0 saturated heterocycles. The zero-order valence-corrected chi connectivity index (χ0v) is 11.7. The highest BCUT2D eigenvalue weighted by Gasteiger charge is 2.11. The molecule has 2 heterocycles. The van der Waals surface area contributed by atoms with Gasteiger partial charge >= 0.3 is 0 Å². The normalized spacial score (nSPS) is 10.6. The Morgan fingerprint density at radius 2 is 2.33 bits per heavy atom. The topological polar surface area (TPSA) is 51.0 Å². The van der Waals surface area contributed by atoms with E-state index in [0.717, 1.165) is 18.0 Å². The Morgan fingerprint density at radius 3 is 3.00 bits per heavy atom. The number of thiazole rings is 1. The van der Waals surface area contributed by atoms with Crippen LogP contribution in [0.25, 0.3) is 0 Å². The van der Waals surface area contributed by atoms with Gasteiger partial charge < -0.3 is 4.90 Å². The van der Waals surface area contributed by atoms with E-state index in [0.29, 0.717) is 5.69 Å². The third-order valence-corrected chi connectivity index (χ3v) is 3.81. The van der Waals surface area contributed by atoms with Crippen molar-refractivity contribution < 1.29 is 0 Å². The quantitative estimate of drug-likeness (QED) is 0.855. The molecule has 0 N–H and O–H groups in total. The predicted octanol–water partition coefficient (Wildman–Crippen LogP) is 1.57. The molecule has 0 atom stereocenters. The van der Waals surface area contributed by atoms with Crippen molar-refractivity contribution in [2.24, 2.45) is 7.05 Å². The van der Waals surface area contributed by atoms with Crippen LogP contribution in [0.3, 0.4) is 0 Å². The third kappa shape index (κ3) is 2.70. The van der Waals surface area contributed by atoms with Crippen LogP contribution in [0.15, 0.2) is 22.6 Å². The Bertz CT molecular complexity index is 581. The van der Waals surface area contributed by atoms with Gasteiger partial charge in [-0.25, -0.2) is 9.67 Å². The van der Waals surface area contributed by atoms with Gasteiger partial charge in [-0.2, -0.15) is 5.10 Å². The summed E-state index contributed by atoms with van der Waals surface area (Å²) < 4.78 is 1.22. The molecular formula is C11H13ClN4OS. The van der Waals surface area contributed by atoms with E-state index in [2.05, 4.69) is 10.1 Å². The van der Waals surface area contributed by atoms with Crippen LogP contribution in [0, 0.1) is 0 Å². The van der Waals surface area contributed by atoms with Crippen LogP contribution in [-0.4, -0.2) is 28.4 Å². The highest BCUT2D eigenvalue weighted by atomic mass is 35.5. The van der Waals surface area contributed by atoms with Gasteiger partial charge in [0.05, 0.1) is 16.9 Å². The monoisotopic (exact) mass is 284 g/mol. The van der Waals surface area contributed by atoms with E-state index in [4.69, 9.17) is 11.6 Å². The number of aromatic nitrogens is 3. The lowest BCUT2D eigenvalue weighted by molar-refractivity contribution is 0.703. The summed E-state index contributed by atoms with van der Waals surface area (Å²) in [4.78, 5) is 17.8. The van der Waals surface area contributed by atoms with E-state index in [1.54, 1.807) is 30.8 Å². The van der Waals surface area contributed by atoms with Gasteiger partial charge in [0.1, 0.15) is 5.02 Å². The van der Waals surface area contributed by atoms with Gasteiger partial charge in [-0.1, -0.05) is 11.6 Å². The van der Waals surface area contributed by atoms with Gasteiger partial charge in [0.15, 0.2) is 0 Å². The highest BCUT2D eigenvalue weighted by Crippen LogP contribution is 2.19. The van der Waals surface area contributed by atoms with Crippen LogP contribution < -0.4 is 10.5 Å². The maximum atomic E-state index is 11.7. The number of rotatable bonds is 4. The maximum Gasteiger partial charge on any atom is 0.287 e. The molecular weight excluding hydrogens is 272 g/mol. The molecule has 18 heavy (non-hydrogen) atoms. The fourth-order valence-corrected chi connectivity index (χ4v) is 2.45. The lowest BCUT2D eigenvalue weighted by Crippen LogP contribution is -2.26. The Kier molecular flexibility index (Phi) is 3.98. The average molecular weight is 285 g/mol. The number of nitrogens with zero attached hydrogens (tertiary/aromatic N) is 4. The van der Waals surface area contributed by atoms with E-state index in [-0.39, 0.29) is 10.6 Å². The molecule has 2 rings (SSSR count). The summed E-state index contributed by atoms with van der Waals surface area (Å²) in [6.45, 7) is 0.738. The minimum atomic E-state index is -0.282. The van der Waals surface area contributed by atoms with Crippen LogP contribution in [0.2, 0.25) is 5.02 Å². The maximum absolute atomic E-state index is 11.7. The van der Waals surface area contributed by atoms with Crippen LogP contribution in [0.1, 0.15) is 5.01 Å². The molecule has 0 amide bonds. The number of anilines is 1. The first-order valence-electron chi connectivity index (χ1n) is 5.41. The molecule has 2 aromatic heterocycles.